The highest BCUT2D eigenvalue weighted by atomic mass is 32.1. The third-order valence-corrected chi connectivity index (χ3v) is 3.61. The predicted octanol–water partition coefficient (Wildman–Crippen LogP) is 2.02. The van der Waals surface area contributed by atoms with E-state index in [4.69, 9.17) is 4.74 Å². The molecule has 1 N–H and O–H groups in total. The lowest BCUT2D eigenvalue weighted by Crippen LogP contribution is -2.19. The molecule has 0 spiro atoms. The van der Waals surface area contributed by atoms with E-state index in [2.05, 4.69) is 15.7 Å². The van der Waals surface area contributed by atoms with Crippen molar-refractivity contribution in [1.29, 1.82) is 0 Å². The molecule has 1 saturated carbocycles. The van der Waals surface area contributed by atoms with Crippen LogP contribution in [0.15, 0.2) is 5.38 Å². The summed E-state index contributed by atoms with van der Waals surface area (Å²) in [6.45, 7) is 4.68. The summed E-state index contributed by atoms with van der Waals surface area (Å²) < 4.78 is 5.32. The molecule has 2 rings (SSSR count). The molecule has 0 aromatic carbocycles. The van der Waals surface area contributed by atoms with Gasteiger partial charge in [-0.3, -0.25) is 0 Å². The number of nitrogens with one attached hydrogen (secondary N) is 1. The molecule has 0 atom stereocenters. The monoisotopic (exact) mass is 240 g/mol. The van der Waals surface area contributed by atoms with Crippen molar-refractivity contribution in [2.45, 2.75) is 38.6 Å². The second-order valence-electron chi connectivity index (χ2n) is 4.16. The lowest BCUT2D eigenvalue weighted by molar-refractivity contribution is 0.151. The van der Waals surface area contributed by atoms with Crippen molar-refractivity contribution in [3.8, 4) is 0 Å². The van der Waals surface area contributed by atoms with Crippen LogP contribution >= 0.6 is 11.3 Å². The van der Waals surface area contributed by atoms with Crippen LogP contribution in [0.2, 0.25) is 0 Å². The van der Waals surface area contributed by atoms with Gasteiger partial charge in [0, 0.05) is 37.4 Å². The standard InChI is InChI=1S/C12H20N2OS/c1-2-15-8-6-12-14-11(9-16-12)5-7-13-10-3-4-10/h9-10,13H,2-8H2,1H3. The lowest BCUT2D eigenvalue weighted by atomic mass is 10.3. The second-order valence-corrected chi connectivity index (χ2v) is 5.10. The summed E-state index contributed by atoms with van der Waals surface area (Å²) in [6, 6.07) is 0.802. The van der Waals surface area contributed by atoms with E-state index in [-0.39, 0.29) is 0 Å². The second kappa shape index (κ2) is 6.33. The van der Waals surface area contributed by atoms with Gasteiger partial charge in [0.1, 0.15) is 0 Å². The van der Waals surface area contributed by atoms with Crippen LogP contribution in [0.4, 0.5) is 0 Å². The van der Waals surface area contributed by atoms with Crippen molar-refractivity contribution in [3.05, 3.63) is 16.1 Å². The van der Waals surface area contributed by atoms with Gasteiger partial charge in [0.25, 0.3) is 0 Å². The van der Waals surface area contributed by atoms with Crippen molar-refractivity contribution in [2.24, 2.45) is 0 Å². The summed E-state index contributed by atoms with van der Waals surface area (Å²) in [5.74, 6) is 0. The van der Waals surface area contributed by atoms with Gasteiger partial charge in [0.2, 0.25) is 0 Å². The Bertz CT molecular complexity index is 310. The lowest BCUT2D eigenvalue weighted by Gasteiger charge is -1.99. The van der Waals surface area contributed by atoms with Gasteiger partial charge < -0.3 is 10.1 Å². The van der Waals surface area contributed by atoms with Crippen LogP contribution in [0.25, 0.3) is 0 Å². The summed E-state index contributed by atoms with van der Waals surface area (Å²) in [4.78, 5) is 4.60. The van der Waals surface area contributed by atoms with Gasteiger partial charge in [-0.1, -0.05) is 0 Å². The Morgan fingerprint density at radius 1 is 1.50 bits per heavy atom. The normalized spacial score (nSPS) is 15.6. The molecule has 90 valence electrons. The SMILES string of the molecule is CCOCCc1nc(CCNC2CC2)cs1. The van der Waals surface area contributed by atoms with Gasteiger partial charge >= 0.3 is 0 Å². The minimum Gasteiger partial charge on any atom is -0.381 e. The van der Waals surface area contributed by atoms with Crippen LogP contribution in [-0.2, 0) is 17.6 Å². The van der Waals surface area contributed by atoms with E-state index in [0.717, 1.165) is 38.6 Å². The first kappa shape index (κ1) is 12.0. The summed E-state index contributed by atoms with van der Waals surface area (Å²) in [7, 11) is 0. The zero-order valence-electron chi connectivity index (χ0n) is 9.87. The average molecular weight is 240 g/mol. The Morgan fingerprint density at radius 2 is 2.38 bits per heavy atom. The highest BCUT2D eigenvalue weighted by Gasteiger charge is 2.19. The smallest absolute Gasteiger partial charge is 0.0951 e. The van der Waals surface area contributed by atoms with Crippen LogP contribution in [0.1, 0.15) is 30.5 Å². The quantitative estimate of drug-likeness (QED) is 0.706. The number of ether oxygens (including phenoxy) is 1. The van der Waals surface area contributed by atoms with E-state index in [1.807, 2.05) is 6.92 Å². The summed E-state index contributed by atoms with van der Waals surface area (Å²) in [5, 5.41) is 6.89. The largest absolute Gasteiger partial charge is 0.381 e. The molecule has 3 nitrogen and oxygen atoms in total. The van der Waals surface area contributed by atoms with Gasteiger partial charge in [-0.05, 0) is 19.8 Å². The molecule has 1 aromatic heterocycles. The zero-order chi connectivity index (χ0) is 11.2. The molecule has 4 heteroatoms. The molecular formula is C12H20N2OS. The predicted molar refractivity (Wildman–Crippen MR) is 67.0 cm³/mol. The van der Waals surface area contributed by atoms with Crippen molar-refractivity contribution >= 4 is 11.3 Å². The first-order valence-corrected chi connectivity index (χ1v) is 7.01. The van der Waals surface area contributed by atoms with Gasteiger partial charge in [0.05, 0.1) is 17.3 Å². The highest BCUT2D eigenvalue weighted by Crippen LogP contribution is 2.18. The third kappa shape index (κ3) is 4.20. The first-order chi connectivity index (χ1) is 7.88. The summed E-state index contributed by atoms with van der Waals surface area (Å²) in [6.07, 6.45) is 4.73. The van der Waals surface area contributed by atoms with Gasteiger partial charge in [0.15, 0.2) is 0 Å². The Labute approximate surface area is 101 Å². The summed E-state index contributed by atoms with van der Waals surface area (Å²) in [5.41, 5.74) is 1.23. The van der Waals surface area contributed by atoms with E-state index in [1.54, 1.807) is 11.3 Å². The van der Waals surface area contributed by atoms with Crippen molar-refractivity contribution in [2.75, 3.05) is 19.8 Å². The Kier molecular flexibility index (Phi) is 4.75. The van der Waals surface area contributed by atoms with Crippen molar-refractivity contribution in [1.82, 2.24) is 10.3 Å². The van der Waals surface area contributed by atoms with Gasteiger partial charge in [-0.25, -0.2) is 4.98 Å². The zero-order valence-corrected chi connectivity index (χ0v) is 10.7. The van der Waals surface area contributed by atoms with E-state index >= 15 is 0 Å². The molecule has 0 bridgehead atoms. The van der Waals surface area contributed by atoms with Crippen molar-refractivity contribution < 1.29 is 4.74 Å². The fraction of sp³-hybridized carbons (Fsp3) is 0.750. The van der Waals surface area contributed by atoms with E-state index in [9.17, 15) is 0 Å². The molecule has 0 amide bonds. The molecule has 0 saturated heterocycles. The van der Waals surface area contributed by atoms with Crippen LogP contribution < -0.4 is 5.32 Å². The number of hydrogen-bond donors (Lipinski definition) is 1. The number of hydrogen-bond acceptors (Lipinski definition) is 4. The number of rotatable bonds is 8. The average Bonchev–Trinajstić information content (AvgIpc) is 2.99. The van der Waals surface area contributed by atoms with Gasteiger partial charge in [-0.2, -0.15) is 0 Å². The molecule has 16 heavy (non-hydrogen) atoms. The molecule has 1 fully saturated rings. The molecule has 1 heterocycles. The maximum absolute atomic E-state index is 5.32. The fourth-order valence-corrected chi connectivity index (χ4v) is 2.39. The summed E-state index contributed by atoms with van der Waals surface area (Å²) >= 11 is 1.76. The molecule has 1 aliphatic carbocycles. The van der Waals surface area contributed by atoms with Gasteiger partial charge in [-0.15, -0.1) is 11.3 Å². The molecule has 1 aromatic rings. The molecule has 1 aliphatic rings. The van der Waals surface area contributed by atoms with E-state index in [0.29, 0.717) is 0 Å². The molecule has 0 radical (unpaired) electrons. The van der Waals surface area contributed by atoms with Crippen LogP contribution in [0, 0.1) is 0 Å². The topological polar surface area (TPSA) is 34.1 Å². The Balaban J connectivity index is 1.64. The molecule has 0 unspecified atom stereocenters. The Morgan fingerprint density at radius 3 is 3.12 bits per heavy atom. The van der Waals surface area contributed by atoms with E-state index in [1.165, 1.54) is 23.5 Å². The number of aromatic nitrogens is 1. The maximum Gasteiger partial charge on any atom is 0.0951 e. The Hall–Kier alpha value is -0.450. The van der Waals surface area contributed by atoms with Crippen molar-refractivity contribution in [3.63, 3.8) is 0 Å². The first-order valence-electron chi connectivity index (χ1n) is 6.13. The third-order valence-electron chi connectivity index (χ3n) is 2.66. The fourth-order valence-electron chi connectivity index (χ4n) is 1.57. The molecular weight excluding hydrogens is 220 g/mol. The van der Waals surface area contributed by atoms with Crippen LogP contribution in [0.5, 0.6) is 0 Å². The van der Waals surface area contributed by atoms with Crippen LogP contribution in [-0.4, -0.2) is 30.8 Å². The molecule has 0 aliphatic heterocycles. The van der Waals surface area contributed by atoms with E-state index < -0.39 is 0 Å². The maximum atomic E-state index is 5.32. The highest BCUT2D eigenvalue weighted by molar-refractivity contribution is 7.09. The number of thiazole rings is 1. The number of nitrogens with zero attached hydrogens (tertiary/aromatic N) is 1. The van der Waals surface area contributed by atoms with Crippen LogP contribution in [0.3, 0.4) is 0 Å². The minimum absolute atomic E-state index is 0.795. The minimum atomic E-state index is 0.795.